The molecular weight excluding hydrogens is 236 g/mol. The summed E-state index contributed by atoms with van der Waals surface area (Å²) in [5.74, 6) is 3.17. The van der Waals surface area contributed by atoms with Crippen LogP contribution in [0.3, 0.4) is 0 Å². The topological polar surface area (TPSA) is 47.3 Å². The van der Waals surface area contributed by atoms with Gasteiger partial charge in [0.2, 0.25) is 0 Å². The summed E-state index contributed by atoms with van der Waals surface area (Å²) in [6, 6.07) is 0. The molecule has 4 nitrogen and oxygen atoms in total. The zero-order valence-corrected chi connectivity index (χ0v) is 10.4. The normalized spacial score (nSPS) is 19.4. The molecule has 17 heavy (non-hydrogen) atoms. The van der Waals surface area contributed by atoms with Gasteiger partial charge in [-0.3, -0.25) is 0 Å². The van der Waals surface area contributed by atoms with Crippen LogP contribution in [0.4, 0.5) is 0 Å². The van der Waals surface area contributed by atoms with Gasteiger partial charge in [0.1, 0.15) is 0 Å². The molecule has 0 bridgehead atoms. The number of terminal acetylenes is 1. The standard InChI is InChI=1S/C12H16N2O2S/c1-2-6-17-12-13-7-10(9-15)14(12)8-11-4-3-5-16-11/h1,7,11,15H,3-6,8-9H2. The molecule has 0 saturated carbocycles. The number of thioether (sulfide) groups is 1. The summed E-state index contributed by atoms with van der Waals surface area (Å²) in [4.78, 5) is 4.28. The first kappa shape index (κ1) is 12.5. The fraction of sp³-hybridized carbons (Fsp3) is 0.583. The Morgan fingerprint density at radius 3 is 3.24 bits per heavy atom. The lowest BCUT2D eigenvalue weighted by Crippen LogP contribution is -2.17. The Bertz CT molecular complexity index is 405. The Morgan fingerprint density at radius 1 is 1.71 bits per heavy atom. The summed E-state index contributed by atoms with van der Waals surface area (Å²) < 4.78 is 7.62. The highest BCUT2D eigenvalue weighted by atomic mass is 32.2. The van der Waals surface area contributed by atoms with Gasteiger partial charge < -0.3 is 14.4 Å². The van der Waals surface area contributed by atoms with Crippen LogP contribution in [0.5, 0.6) is 0 Å². The monoisotopic (exact) mass is 252 g/mol. The largest absolute Gasteiger partial charge is 0.390 e. The van der Waals surface area contributed by atoms with E-state index in [9.17, 15) is 5.11 Å². The van der Waals surface area contributed by atoms with Crippen LogP contribution in [-0.4, -0.2) is 33.1 Å². The molecule has 1 fully saturated rings. The number of ether oxygens (including phenoxy) is 1. The number of hydrogen-bond acceptors (Lipinski definition) is 4. The van der Waals surface area contributed by atoms with Crippen LogP contribution in [0.25, 0.3) is 0 Å². The number of aromatic nitrogens is 2. The van der Waals surface area contributed by atoms with Crippen LogP contribution < -0.4 is 0 Å². The molecular formula is C12H16N2O2S. The van der Waals surface area contributed by atoms with Gasteiger partial charge in [-0.25, -0.2) is 4.98 Å². The van der Waals surface area contributed by atoms with Crippen molar-refractivity contribution < 1.29 is 9.84 Å². The van der Waals surface area contributed by atoms with Crippen LogP contribution in [0.15, 0.2) is 11.4 Å². The molecule has 2 rings (SSSR count). The van der Waals surface area contributed by atoms with Crippen molar-refractivity contribution in [3.05, 3.63) is 11.9 Å². The highest BCUT2D eigenvalue weighted by Crippen LogP contribution is 2.22. The van der Waals surface area contributed by atoms with E-state index in [2.05, 4.69) is 10.9 Å². The Kier molecular flexibility index (Phi) is 4.49. The van der Waals surface area contributed by atoms with Crippen molar-refractivity contribution >= 4 is 11.8 Å². The Labute approximate surface area is 105 Å². The lowest BCUT2D eigenvalue weighted by atomic mass is 10.2. The Hall–Kier alpha value is -0.960. The van der Waals surface area contributed by atoms with Crippen molar-refractivity contribution in [1.82, 2.24) is 9.55 Å². The second-order valence-corrected chi connectivity index (χ2v) is 4.87. The van der Waals surface area contributed by atoms with E-state index in [-0.39, 0.29) is 12.7 Å². The predicted molar refractivity (Wildman–Crippen MR) is 66.7 cm³/mol. The number of aliphatic hydroxyl groups is 1. The van der Waals surface area contributed by atoms with E-state index in [1.807, 2.05) is 4.57 Å². The smallest absolute Gasteiger partial charge is 0.169 e. The molecule has 1 aliphatic heterocycles. The summed E-state index contributed by atoms with van der Waals surface area (Å²) in [5, 5.41) is 10.1. The summed E-state index contributed by atoms with van der Waals surface area (Å²) in [6.45, 7) is 1.58. The molecule has 1 atom stereocenters. The molecule has 5 heteroatoms. The van der Waals surface area contributed by atoms with E-state index in [1.165, 1.54) is 11.8 Å². The maximum atomic E-state index is 9.28. The van der Waals surface area contributed by atoms with Gasteiger partial charge in [-0.05, 0) is 12.8 Å². The summed E-state index contributed by atoms with van der Waals surface area (Å²) in [5.41, 5.74) is 0.819. The molecule has 1 aliphatic rings. The molecule has 1 aromatic heterocycles. The molecule has 1 aromatic rings. The second kappa shape index (κ2) is 6.10. The lowest BCUT2D eigenvalue weighted by Gasteiger charge is -2.14. The van der Waals surface area contributed by atoms with Crippen LogP contribution in [0.2, 0.25) is 0 Å². The minimum absolute atomic E-state index is 0.00364. The number of aliphatic hydroxyl groups excluding tert-OH is 1. The lowest BCUT2D eigenvalue weighted by molar-refractivity contribution is 0.0930. The van der Waals surface area contributed by atoms with Gasteiger partial charge >= 0.3 is 0 Å². The highest BCUT2D eigenvalue weighted by molar-refractivity contribution is 7.99. The number of rotatable bonds is 5. The molecule has 1 N–H and O–H groups in total. The average Bonchev–Trinajstić information content (AvgIpc) is 2.97. The van der Waals surface area contributed by atoms with Gasteiger partial charge in [-0.1, -0.05) is 17.7 Å². The molecule has 0 aliphatic carbocycles. The first-order chi connectivity index (χ1) is 8.35. The van der Waals surface area contributed by atoms with Crippen LogP contribution in [0.1, 0.15) is 18.5 Å². The number of nitrogens with zero attached hydrogens (tertiary/aromatic N) is 2. The van der Waals surface area contributed by atoms with Crippen molar-refractivity contribution in [2.24, 2.45) is 0 Å². The van der Waals surface area contributed by atoms with Gasteiger partial charge in [0.25, 0.3) is 0 Å². The van der Waals surface area contributed by atoms with Crippen molar-refractivity contribution in [2.45, 2.75) is 37.3 Å². The van der Waals surface area contributed by atoms with Gasteiger partial charge in [0.15, 0.2) is 5.16 Å². The van der Waals surface area contributed by atoms with Crippen LogP contribution in [-0.2, 0) is 17.9 Å². The SMILES string of the molecule is C#CCSc1ncc(CO)n1CC1CCCO1. The van der Waals surface area contributed by atoms with E-state index in [1.54, 1.807) is 6.20 Å². The van der Waals surface area contributed by atoms with Crippen molar-refractivity contribution in [2.75, 3.05) is 12.4 Å². The zero-order valence-electron chi connectivity index (χ0n) is 9.63. The number of imidazole rings is 1. The van der Waals surface area contributed by atoms with Gasteiger partial charge in [-0.15, -0.1) is 6.42 Å². The first-order valence-corrected chi connectivity index (χ1v) is 6.67. The van der Waals surface area contributed by atoms with E-state index >= 15 is 0 Å². The minimum atomic E-state index is -0.00364. The van der Waals surface area contributed by atoms with E-state index in [0.717, 1.165) is 36.8 Å². The molecule has 0 radical (unpaired) electrons. The third-order valence-electron chi connectivity index (χ3n) is 2.76. The van der Waals surface area contributed by atoms with Crippen LogP contribution >= 0.6 is 11.8 Å². The van der Waals surface area contributed by atoms with E-state index in [4.69, 9.17) is 11.2 Å². The minimum Gasteiger partial charge on any atom is -0.390 e. The fourth-order valence-electron chi connectivity index (χ4n) is 1.93. The molecule has 0 aromatic carbocycles. The van der Waals surface area contributed by atoms with Crippen molar-refractivity contribution in [3.63, 3.8) is 0 Å². The summed E-state index contributed by atoms with van der Waals surface area (Å²) >= 11 is 1.52. The Balaban J connectivity index is 2.10. The second-order valence-electron chi connectivity index (χ2n) is 3.93. The maximum absolute atomic E-state index is 9.28. The third-order valence-corrected chi connectivity index (χ3v) is 3.65. The van der Waals surface area contributed by atoms with Crippen molar-refractivity contribution in [3.8, 4) is 12.3 Å². The fourth-order valence-corrected chi connectivity index (χ4v) is 2.61. The molecule has 2 heterocycles. The summed E-state index contributed by atoms with van der Waals surface area (Å²) in [6.07, 6.45) is 9.37. The third kappa shape index (κ3) is 3.03. The van der Waals surface area contributed by atoms with Crippen LogP contribution in [0, 0.1) is 12.3 Å². The van der Waals surface area contributed by atoms with Gasteiger partial charge in [0, 0.05) is 6.61 Å². The molecule has 1 saturated heterocycles. The van der Waals surface area contributed by atoms with E-state index in [0.29, 0.717) is 5.75 Å². The first-order valence-electron chi connectivity index (χ1n) is 5.68. The predicted octanol–water partition coefficient (Wildman–Crippen LogP) is 1.28. The molecule has 0 spiro atoms. The molecule has 92 valence electrons. The van der Waals surface area contributed by atoms with Gasteiger partial charge in [0.05, 0.1) is 36.9 Å². The number of hydrogen-bond donors (Lipinski definition) is 1. The molecule has 1 unspecified atom stereocenters. The molecule has 0 amide bonds. The quantitative estimate of drug-likeness (QED) is 0.633. The van der Waals surface area contributed by atoms with Gasteiger partial charge in [-0.2, -0.15) is 0 Å². The summed E-state index contributed by atoms with van der Waals surface area (Å²) in [7, 11) is 0. The van der Waals surface area contributed by atoms with Crippen molar-refractivity contribution in [1.29, 1.82) is 0 Å². The highest BCUT2D eigenvalue weighted by Gasteiger charge is 2.19. The maximum Gasteiger partial charge on any atom is 0.169 e. The average molecular weight is 252 g/mol. The zero-order chi connectivity index (χ0) is 12.1. The van der Waals surface area contributed by atoms with E-state index < -0.39 is 0 Å². The Morgan fingerprint density at radius 2 is 2.59 bits per heavy atom.